The van der Waals surface area contributed by atoms with Gasteiger partial charge >= 0.3 is 0 Å². The molecule has 2 aliphatic heterocycles. The van der Waals surface area contributed by atoms with Crippen molar-refractivity contribution in [1.29, 1.82) is 0 Å². The summed E-state index contributed by atoms with van der Waals surface area (Å²) >= 11 is 8.26. The number of para-hydroxylation sites is 1. The summed E-state index contributed by atoms with van der Waals surface area (Å²) in [7, 11) is 0. The summed E-state index contributed by atoms with van der Waals surface area (Å²) < 4.78 is 0.664. The number of benzene rings is 2. The lowest BCUT2D eigenvalue weighted by molar-refractivity contribution is -0.122. The van der Waals surface area contributed by atoms with Gasteiger partial charge in [0.2, 0.25) is 11.8 Å². The first kappa shape index (κ1) is 21.2. The minimum absolute atomic E-state index is 0.0726. The average Bonchev–Trinajstić information content (AvgIpc) is 3.06. The Balaban J connectivity index is 1.38. The first-order valence-electron chi connectivity index (χ1n) is 9.52. The molecule has 3 unspecified atom stereocenters. The molecule has 2 fully saturated rings. The maximum atomic E-state index is 12.6. The molecule has 0 saturated carbocycles. The van der Waals surface area contributed by atoms with Crippen LogP contribution in [0, 0.1) is 13.8 Å². The number of nitrogens with one attached hydrogen (secondary N) is 3. The van der Waals surface area contributed by atoms with Crippen LogP contribution in [0.2, 0.25) is 0 Å². The zero-order valence-electron chi connectivity index (χ0n) is 16.5. The molecule has 2 aromatic carbocycles. The molecular weight excluding hydrogens is 436 g/mol. The van der Waals surface area contributed by atoms with Gasteiger partial charge in [-0.2, -0.15) is 0 Å². The first-order chi connectivity index (χ1) is 14.4. The standard InChI is InChI=1S/C21H22N4O2S3/c1-12-8-9-14(10-13(12)2)22-16(26)11-29-20-23-18-17(19(27)24-20)30-21(28)25(18)15-6-4-3-5-7-15/h3-10,17-18,20,23H,11H2,1-2H3,(H,22,26)(H,24,27). The van der Waals surface area contributed by atoms with Crippen molar-refractivity contribution < 1.29 is 9.59 Å². The number of aryl methyl sites for hydroxylation is 2. The van der Waals surface area contributed by atoms with E-state index in [0.717, 1.165) is 16.9 Å². The first-order valence-corrected chi connectivity index (χ1v) is 11.9. The van der Waals surface area contributed by atoms with Crippen LogP contribution in [-0.2, 0) is 9.59 Å². The van der Waals surface area contributed by atoms with E-state index in [1.165, 1.54) is 29.1 Å². The predicted octanol–water partition coefficient (Wildman–Crippen LogP) is 3.21. The third kappa shape index (κ3) is 4.49. The molecule has 30 heavy (non-hydrogen) atoms. The SMILES string of the molecule is Cc1ccc(NC(=O)CSC2NC(=O)C3SC(=S)N(c4ccccc4)C3N2)cc1C. The van der Waals surface area contributed by atoms with Gasteiger partial charge in [-0.05, 0) is 49.2 Å². The average molecular weight is 459 g/mol. The van der Waals surface area contributed by atoms with E-state index < -0.39 is 0 Å². The number of amides is 2. The fraction of sp³-hybridized carbons (Fsp3) is 0.286. The molecule has 0 radical (unpaired) electrons. The molecule has 0 bridgehead atoms. The van der Waals surface area contributed by atoms with Crippen LogP contribution in [0.1, 0.15) is 11.1 Å². The van der Waals surface area contributed by atoms with Crippen LogP contribution < -0.4 is 20.9 Å². The highest BCUT2D eigenvalue weighted by Crippen LogP contribution is 2.37. The zero-order valence-corrected chi connectivity index (χ0v) is 19.0. The smallest absolute Gasteiger partial charge is 0.238 e. The molecule has 4 rings (SSSR count). The third-order valence-corrected chi connectivity index (χ3v) is 7.68. The van der Waals surface area contributed by atoms with Crippen LogP contribution in [0.25, 0.3) is 0 Å². The van der Waals surface area contributed by atoms with E-state index in [2.05, 4.69) is 16.0 Å². The summed E-state index contributed by atoms with van der Waals surface area (Å²) in [5.41, 5.74) is 3.65. The van der Waals surface area contributed by atoms with E-state index in [0.29, 0.717) is 4.32 Å². The Kier molecular flexibility index (Phi) is 6.33. The molecule has 2 saturated heterocycles. The molecule has 2 aromatic rings. The van der Waals surface area contributed by atoms with Crippen LogP contribution in [0.15, 0.2) is 48.5 Å². The van der Waals surface area contributed by atoms with Crippen molar-refractivity contribution in [3.05, 3.63) is 59.7 Å². The van der Waals surface area contributed by atoms with Crippen molar-refractivity contribution in [2.75, 3.05) is 16.0 Å². The lowest BCUT2D eigenvalue weighted by Gasteiger charge is -2.36. The van der Waals surface area contributed by atoms with Crippen LogP contribution >= 0.6 is 35.7 Å². The Hall–Kier alpha value is -2.07. The maximum absolute atomic E-state index is 12.6. The van der Waals surface area contributed by atoms with Crippen molar-refractivity contribution in [3.8, 4) is 0 Å². The summed E-state index contributed by atoms with van der Waals surface area (Å²) in [6, 6.07) is 15.6. The van der Waals surface area contributed by atoms with E-state index in [9.17, 15) is 9.59 Å². The van der Waals surface area contributed by atoms with Crippen molar-refractivity contribution in [3.63, 3.8) is 0 Å². The number of thioether (sulfide) groups is 2. The quantitative estimate of drug-likeness (QED) is 0.594. The fourth-order valence-corrected chi connectivity index (χ4v) is 5.77. The Bertz CT molecular complexity index is 985. The Labute approximate surface area is 189 Å². The molecule has 156 valence electrons. The number of anilines is 2. The van der Waals surface area contributed by atoms with Crippen LogP contribution in [0.3, 0.4) is 0 Å². The largest absolute Gasteiger partial charge is 0.331 e. The molecular formula is C21H22N4O2S3. The van der Waals surface area contributed by atoms with Gasteiger partial charge in [0.05, 0.1) is 5.75 Å². The van der Waals surface area contributed by atoms with Crippen molar-refractivity contribution in [2.24, 2.45) is 0 Å². The lowest BCUT2D eigenvalue weighted by Crippen LogP contribution is -2.64. The summed E-state index contributed by atoms with van der Waals surface area (Å²) in [6.45, 7) is 4.05. The highest BCUT2D eigenvalue weighted by Gasteiger charge is 2.47. The maximum Gasteiger partial charge on any atom is 0.238 e. The summed E-state index contributed by atoms with van der Waals surface area (Å²) in [6.07, 6.45) is -0.251. The van der Waals surface area contributed by atoms with E-state index in [1.54, 1.807) is 0 Å². The Morgan fingerprint density at radius 1 is 1.20 bits per heavy atom. The van der Waals surface area contributed by atoms with E-state index in [4.69, 9.17) is 12.2 Å². The second-order valence-electron chi connectivity index (χ2n) is 7.17. The number of nitrogens with zero attached hydrogens (tertiary/aromatic N) is 1. The van der Waals surface area contributed by atoms with Crippen LogP contribution in [-0.4, -0.2) is 38.8 Å². The highest BCUT2D eigenvalue weighted by atomic mass is 32.2. The zero-order chi connectivity index (χ0) is 21.3. The van der Waals surface area contributed by atoms with Gasteiger partial charge in [0.25, 0.3) is 0 Å². The summed E-state index contributed by atoms with van der Waals surface area (Å²) in [5.74, 6) is 0.0276. The predicted molar refractivity (Wildman–Crippen MR) is 129 cm³/mol. The number of fused-ring (bicyclic) bond motifs is 1. The second kappa shape index (κ2) is 8.97. The Morgan fingerprint density at radius 2 is 1.97 bits per heavy atom. The second-order valence-corrected chi connectivity index (χ2v) is 10.0. The van der Waals surface area contributed by atoms with Crippen LogP contribution in [0.4, 0.5) is 11.4 Å². The molecule has 0 aromatic heterocycles. The van der Waals surface area contributed by atoms with Gasteiger partial charge in [0, 0.05) is 11.4 Å². The molecule has 3 atom stereocenters. The lowest BCUT2D eigenvalue weighted by atomic mass is 10.1. The van der Waals surface area contributed by atoms with Crippen molar-refractivity contribution in [1.82, 2.24) is 10.6 Å². The van der Waals surface area contributed by atoms with E-state index in [1.807, 2.05) is 67.3 Å². The van der Waals surface area contributed by atoms with Gasteiger partial charge in [0.15, 0.2) is 0 Å². The van der Waals surface area contributed by atoms with Gasteiger partial charge in [-0.25, -0.2) is 0 Å². The Morgan fingerprint density at radius 3 is 2.70 bits per heavy atom. The summed E-state index contributed by atoms with van der Waals surface area (Å²) in [4.78, 5) is 27.0. The van der Waals surface area contributed by atoms with Gasteiger partial charge < -0.3 is 15.5 Å². The molecule has 2 amide bonds. The van der Waals surface area contributed by atoms with Crippen LogP contribution in [0.5, 0.6) is 0 Å². The van der Waals surface area contributed by atoms with Gasteiger partial charge in [-0.3, -0.25) is 14.9 Å². The topological polar surface area (TPSA) is 73.5 Å². The minimum atomic E-state index is -0.378. The monoisotopic (exact) mass is 458 g/mol. The van der Waals surface area contributed by atoms with Crippen molar-refractivity contribution >= 4 is 63.3 Å². The van der Waals surface area contributed by atoms with E-state index >= 15 is 0 Å². The molecule has 0 aliphatic carbocycles. The number of rotatable bonds is 5. The van der Waals surface area contributed by atoms with E-state index in [-0.39, 0.29) is 34.5 Å². The van der Waals surface area contributed by atoms with Gasteiger partial charge in [0.1, 0.15) is 21.2 Å². The number of hydrogen-bond donors (Lipinski definition) is 3. The number of carbonyl (C=O) groups excluding carboxylic acids is 2. The highest BCUT2D eigenvalue weighted by molar-refractivity contribution is 8.24. The third-order valence-electron chi connectivity index (χ3n) is 5.05. The molecule has 9 heteroatoms. The van der Waals surface area contributed by atoms with Crippen molar-refractivity contribution in [2.45, 2.75) is 30.8 Å². The molecule has 6 nitrogen and oxygen atoms in total. The number of thiocarbonyl (C=S) groups is 1. The van der Waals surface area contributed by atoms with Gasteiger partial charge in [-0.15, -0.1) is 11.8 Å². The van der Waals surface area contributed by atoms with Gasteiger partial charge in [-0.1, -0.05) is 48.2 Å². The molecule has 2 aliphatic rings. The minimum Gasteiger partial charge on any atom is -0.331 e. The molecule has 3 N–H and O–H groups in total. The summed E-state index contributed by atoms with van der Waals surface area (Å²) in [5, 5.41) is 8.96. The fourth-order valence-electron chi connectivity index (χ4n) is 3.37. The number of hydrogen-bond acceptors (Lipinski definition) is 6. The normalized spacial score (nSPS) is 23.1. The molecule has 2 heterocycles. The molecule has 0 spiro atoms. The number of carbonyl (C=O) groups is 2.